The van der Waals surface area contributed by atoms with Gasteiger partial charge in [-0.2, -0.15) is 8.78 Å². The zero-order valence-corrected chi connectivity index (χ0v) is 18.9. The average molecular weight is 500 g/mol. The van der Waals surface area contributed by atoms with E-state index in [1.807, 2.05) is 6.92 Å². The van der Waals surface area contributed by atoms with Gasteiger partial charge in [-0.15, -0.1) is 24.0 Å². The maximum absolute atomic E-state index is 12.6. The van der Waals surface area contributed by atoms with E-state index in [1.54, 1.807) is 12.1 Å². The van der Waals surface area contributed by atoms with Crippen LogP contribution in [0.3, 0.4) is 0 Å². The Bertz CT molecular complexity index is 574. The van der Waals surface area contributed by atoms with Crippen molar-refractivity contribution >= 4 is 29.9 Å². The largest absolute Gasteiger partial charge is 0.497 e. The SMILES string of the molecule is CCNC(=NCc1cc(OC)ccc1OC(F)F)NCCN(C)C(C)C.I. The minimum absolute atomic E-state index is 0. The third-order valence-corrected chi connectivity index (χ3v) is 3.87. The second-order valence-electron chi connectivity index (χ2n) is 6.05. The van der Waals surface area contributed by atoms with Gasteiger partial charge >= 0.3 is 6.61 Å². The molecule has 0 saturated heterocycles. The monoisotopic (exact) mass is 500 g/mol. The molecule has 0 aliphatic carbocycles. The van der Waals surface area contributed by atoms with Crippen LogP contribution in [-0.2, 0) is 6.54 Å². The molecule has 0 heterocycles. The van der Waals surface area contributed by atoms with Gasteiger partial charge in [0, 0.05) is 31.2 Å². The van der Waals surface area contributed by atoms with Gasteiger partial charge in [0.2, 0.25) is 0 Å². The summed E-state index contributed by atoms with van der Waals surface area (Å²) >= 11 is 0. The first-order valence-electron chi connectivity index (χ1n) is 8.71. The molecule has 0 spiro atoms. The highest BCUT2D eigenvalue weighted by Gasteiger charge is 2.11. The molecule has 0 saturated carbocycles. The summed E-state index contributed by atoms with van der Waals surface area (Å²) in [4.78, 5) is 6.68. The number of guanidine groups is 1. The van der Waals surface area contributed by atoms with Crippen LogP contribution in [-0.4, -0.2) is 57.3 Å². The molecule has 0 aliphatic heterocycles. The van der Waals surface area contributed by atoms with Crippen LogP contribution in [0.1, 0.15) is 26.3 Å². The molecule has 1 rings (SSSR count). The summed E-state index contributed by atoms with van der Waals surface area (Å²) in [5.41, 5.74) is 0.529. The Kier molecular flexibility index (Phi) is 13.1. The van der Waals surface area contributed by atoms with Crippen LogP contribution >= 0.6 is 24.0 Å². The third-order valence-electron chi connectivity index (χ3n) is 3.87. The van der Waals surface area contributed by atoms with Crippen LogP contribution in [0.15, 0.2) is 23.2 Å². The molecule has 27 heavy (non-hydrogen) atoms. The van der Waals surface area contributed by atoms with E-state index in [1.165, 1.54) is 13.2 Å². The Balaban J connectivity index is 0.00000676. The first-order valence-corrected chi connectivity index (χ1v) is 8.71. The number of ether oxygens (including phenoxy) is 2. The number of aliphatic imine (C=N–C) groups is 1. The number of rotatable bonds is 10. The number of hydrogen-bond acceptors (Lipinski definition) is 4. The van der Waals surface area contributed by atoms with Crippen molar-refractivity contribution in [3.63, 3.8) is 0 Å². The van der Waals surface area contributed by atoms with Crippen molar-refractivity contribution in [1.29, 1.82) is 0 Å². The van der Waals surface area contributed by atoms with E-state index in [0.717, 1.165) is 13.1 Å². The Hall–Kier alpha value is -1.36. The summed E-state index contributed by atoms with van der Waals surface area (Å²) in [5.74, 6) is 1.28. The predicted molar refractivity (Wildman–Crippen MR) is 116 cm³/mol. The van der Waals surface area contributed by atoms with Gasteiger partial charge in [-0.05, 0) is 46.0 Å². The van der Waals surface area contributed by atoms with Crippen LogP contribution in [0.2, 0.25) is 0 Å². The molecule has 0 bridgehead atoms. The summed E-state index contributed by atoms with van der Waals surface area (Å²) in [6, 6.07) is 5.16. The molecule has 0 amide bonds. The van der Waals surface area contributed by atoms with E-state index in [9.17, 15) is 8.78 Å². The predicted octanol–water partition coefficient (Wildman–Crippen LogP) is 3.31. The normalized spacial score (nSPS) is 11.6. The van der Waals surface area contributed by atoms with Crippen LogP contribution < -0.4 is 20.1 Å². The van der Waals surface area contributed by atoms with Gasteiger partial charge < -0.3 is 25.0 Å². The van der Waals surface area contributed by atoms with Crippen molar-refractivity contribution < 1.29 is 18.3 Å². The molecule has 1 aromatic carbocycles. The van der Waals surface area contributed by atoms with E-state index in [2.05, 4.69) is 46.2 Å². The van der Waals surface area contributed by atoms with Gasteiger partial charge in [-0.3, -0.25) is 0 Å². The number of benzene rings is 1. The van der Waals surface area contributed by atoms with E-state index in [-0.39, 0.29) is 36.3 Å². The first kappa shape index (κ1) is 25.6. The van der Waals surface area contributed by atoms with Gasteiger partial charge in [-0.25, -0.2) is 4.99 Å². The molecule has 1 aromatic rings. The summed E-state index contributed by atoms with van der Waals surface area (Å²) in [5, 5.41) is 6.39. The summed E-state index contributed by atoms with van der Waals surface area (Å²) in [6.07, 6.45) is 0. The molecule has 0 aliphatic rings. The Morgan fingerprint density at radius 1 is 1.26 bits per heavy atom. The number of methoxy groups -OCH3 is 1. The summed E-state index contributed by atoms with van der Waals surface area (Å²) < 4.78 is 34.9. The topological polar surface area (TPSA) is 58.1 Å². The fraction of sp³-hybridized carbons (Fsp3) is 0.611. The molecule has 0 unspecified atom stereocenters. The number of likely N-dealkylation sites (N-methyl/N-ethyl adjacent to an activating group) is 1. The molecule has 6 nitrogen and oxygen atoms in total. The van der Waals surface area contributed by atoms with E-state index in [0.29, 0.717) is 29.9 Å². The Labute approximate surface area is 177 Å². The number of hydrogen-bond donors (Lipinski definition) is 2. The van der Waals surface area contributed by atoms with Crippen molar-refractivity contribution in [1.82, 2.24) is 15.5 Å². The average Bonchev–Trinajstić information content (AvgIpc) is 2.59. The van der Waals surface area contributed by atoms with E-state index >= 15 is 0 Å². The number of nitrogens with one attached hydrogen (secondary N) is 2. The van der Waals surface area contributed by atoms with Crippen molar-refractivity contribution in [2.24, 2.45) is 4.99 Å². The van der Waals surface area contributed by atoms with E-state index < -0.39 is 6.61 Å². The lowest BCUT2D eigenvalue weighted by Crippen LogP contribution is -2.42. The maximum atomic E-state index is 12.6. The minimum Gasteiger partial charge on any atom is -0.497 e. The molecule has 0 fully saturated rings. The van der Waals surface area contributed by atoms with Crippen LogP contribution in [0.4, 0.5) is 8.78 Å². The quantitative estimate of drug-likeness (QED) is 0.294. The second kappa shape index (κ2) is 13.8. The molecule has 0 radical (unpaired) electrons. The highest BCUT2D eigenvalue weighted by Crippen LogP contribution is 2.26. The zero-order chi connectivity index (χ0) is 19.5. The zero-order valence-electron chi connectivity index (χ0n) is 16.6. The molecule has 0 aromatic heterocycles. The molecular formula is C18H31F2IN4O2. The van der Waals surface area contributed by atoms with Gasteiger partial charge in [-0.1, -0.05) is 0 Å². The van der Waals surface area contributed by atoms with Crippen molar-refractivity contribution in [3.8, 4) is 11.5 Å². The summed E-state index contributed by atoms with van der Waals surface area (Å²) in [7, 11) is 3.58. The molecule has 9 heteroatoms. The fourth-order valence-corrected chi connectivity index (χ4v) is 2.13. The van der Waals surface area contributed by atoms with Crippen LogP contribution in [0.5, 0.6) is 11.5 Å². The standard InChI is InChI=1S/C18H30F2N4O2.HI/c1-6-21-18(22-9-10-24(4)13(2)3)23-12-14-11-15(25-5)7-8-16(14)26-17(19)20;/h7-8,11,13,17H,6,9-10,12H2,1-5H3,(H2,21,22,23);1H. The van der Waals surface area contributed by atoms with Gasteiger partial charge in [0.1, 0.15) is 11.5 Å². The minimum atomic E-state index is -2.89. The van der Waals surface area contributed by atoms with Crippen LogP contribution in [0, 0.1) is 0 Å². The second-order valence-corrected chi connectivity index (χ2v) is 6.05. The lowest BCUT2D eigenvalue weighted by atomic mass is 10.2. The smallest absolute Gasteiger partial charge is 0.387 e. The molecule has 156 valence electrons. The third kappa shape index (κ3) is 9.94. The van der Waals surface area contributed by atoms with Gasteiger partial charge in [0.15, 0.2) is 5.96 Å². The fourth-order valence-electron chi connectivity index (χ4n) is 2.13. The molecule has 0 atom stereocenters. The molecular weight excluding hydrogens is 469 g/mol. The highest BCUT2D eigenvalue weighted by molar-refractivity contribution is 14.0. The van der Waals surface area contributed by atoms with E-state index in [4.69, 9.17) is 4.74 Å². The Morgan fingerprint density at radius 3 is 2.52 bits per heavy atom. The number of nitrogens with zero attached hydrogens (tertiary/aromatic N) is 2. The van der Waals surface area contributed by atoms with Crippen molar-refractivity contribution in [2.75, 3.05) is 33.8 Å². The highest BCUT2D eigenvalue weighted by atomic mass is 127. The number of halogens is 3. The maximum Gasteiger partial charge on any atom is 0.387 e. The number of alkyl halides is 2. The van der Waals surface area contributed by atoms with Gasteiger partial charge in [0.05, 0.1) is 13.7 Å². The van der Waals surface area contributed by atoms with Gasteiger partial charge in [0.25, 0.3) is 0 Å². The summed E-state index contributed by atoms with van der Waals surface area (Å²) in [6.45, 7) is 5.82. The van der Waals surface area contributed by atoms with Crippen molar-refractivity contribution in [3.05, 3.63) is 23.8 Å². The molecule has 2 N–H and O–H groups in total. The lowest BCUT2D eigenvalue weighted by molar-refractivity contribution is -0.0504. The lowest BCUT2D eigenvalue weighted by Gasteiger charge is -2.21. The van der Waals surface area contributed by atoms with Crippen LogP contribution in [0.25, 0.3) is 0 Å². The Morgan fingerprint density at radius 2 is 1.96 bits per heavy atom. The van der Waals surface area contributed by atoms with Crippen molar-refractivity contribution in [2.45, 2.75) is 40.0 Å². The first-order chi connectivity index (χ1) is 12.4.